The maximum atomic E-state index is 5.04. The van der Waals surface area contributed by atoms with Crippen LogP contribution >= 0.6 is 0 Å². The fraction of sp³-hybridized carbons (Fsp3) is 0.812. The molecule has 0 atom stereocenters. The zero-order valence-corrected chi connectivity index (χ0v) is 11.8. The van der Waals surface area contributed by atoms with E-state index in [2.05, 4.69) is 13.5 Å². The van der Waals surface area contributed by atoms with Crippen LogP contribution in [0.5, 0.6) is 0 Å². The molecule has 0 fully saturated rings. The molecule has 0 rings (SSSR count). The van der Waals surface area contributed by atoms with Crippen molar-refractivity contribution < 1.29 is 4.74 Å². The second-order valence-electron chi connectivity index (χ2n) is 4.88. The van der Waals surface area contributed by atoms with Gasteiger partial charge < -0.3 is 4.74 Å². The monoisotopic (exact) mass is 239 g/mol. The molecule has 0 bridgehead atoms. The summed E-state index contributed by atoms with van der Waals surface area (Å²) in [6, 6.07) is 0. The van der Waals surface area contributed by atoms with E-state index in [1.165, 1.54) is 64.2 Å². The summed E-state index contributed by atoms with van der Waals surface area (Å²) in [5.41, 5.74) is 0. The van der Waals surface area contributed by atoms with Gasteiger partial charge >= 0.3 is 0 Å². The molecule has 0 aromatic rings. The lowest BCUT2D eigenvalue weighted by Crippen LogP contribution is -1.86. The van der Waals surface area contributed by atoms with Crippen LogP contribution in [0.1, 0.15) is 77.0 Å². The first-order valence-corrected chi connectivity index (χ1v) is 7.32. The SMILES string of the molecule is [CH2]CCCCCCCCCCCCC(=C)OC. The largest absolute Gasteiger partial charge is 0.502 e. The van der Waals surface area contributed by atoms with E-state index < -0.39 is 0 Å². The molecule has 0 saturated carbocycles. The topological polar surface area (TPSA) is 9.23 Å². The van der Waals surface area contributed by atoms with Gasteiger partial charge in [-0.2, -0.15) is 0 Å². The normalized spacial score (nSPS) is 10.5. The fourth-order valence-electron chi connectivity index (χ4n) is 2.02. The summed E-state index contributed by atoms with van der Waals surface area (Å²) < 4.78 is 5.04. The molecule has 0 aliphatic heterocycles. The van der Waals surface area contributed by atoms with Crippen molar-refractivity contribution in [3.8, 4) is 0 Å². The first-order valence-electron chi connectivity index (χ1n) is 7.32. The second-order valence-corrected chi connectivity index (χ2v) is 4.88. The van der Waals surface area contributed by atoms with E-state index in [1.807, 2.05) is 0 Å². The van der Waals surface area contributed by atoms with E-state index in [9.17, 15) is 0 Å². The Morgan fingerprint density at radius 2 is 1.18 bits per heavy atom. The van der Waals surface area contributed by atoms with E-state index >= 15 is 0 Å². The molecule has 0 unspecified atom stereocenters. The van der Waals surface area contributed by atoms with Crippen LogP contribution in [0.15, 0.2) is 12.3 Å². The summed E-state index contributed by atoms with van der Waals surface area (Å²) in [6.07, 6.45) is 15.8. The Labute approximate surface area is 109 Å². The minimum Gasteiger partial charge on any atom is -0.502 e. The van der Waals surface area contributed by atoms with Crippen LogP contribution in [0, 0.1) is 6.92 Å². The Hall–Kier alpha value is -0.460. The van der Waals surface area contributed by atoms with E-state index in [-0.39, 0.29) is 0 Å². The van der Waals surface area contributed by atoms with Gasteiger partial charge in [0, 0.05) is 6.42 Å². The van der Waals surface area contributed by atoms with Gasteiger partial charge in [-0.25, -0.2) is 0 Å². The van der Waals surface area contributed by atoms with Gasteiger partial charge in [0.15, 0.2) is 0 Å². The van der Waals surface area contributed by atoms with Crippen molar-refractivity contribution in [2.24, 2.45) is 0 Å². The van der Waals surface area contributed by atoms with Gasteiger partial charge in [0.2, 0.25) is 0 Å². The molecule has 0 aromatic heterocycles. The average Bonchev–Trinajstić information content (AvgIpc) is 2.35. The Balaban J connectivity index is 2.96. The summed E-state index contributed by atoms with van der Waals surface area (Å²) in [5, 5.41) is 0. The molecule has 0 aliphatic rings. The first-order chi connectivity index (χ1) is 8.31. The molecule has 17 heavy (non-hydrogen) atoms. The van der Waals surface area contributed by atoms with E-state index in [0.717, 1.165) is 18.6 Å². The van der Waals surface area contributed by atoms with Gasteiger partial charge in [0.05, 0.1) is 12.9 Å². The highest BCUT2D eigenvalue weighted by Crippen LogP contribution is 2.13. The van der Waals surface area contributed by atoms with Gasteiger partial charge in [-0.15, -0.1) is 0 Å². The van der Waals surface area contributed by atoms with E-state index in [1.54, 1.807) is 7.11 Å². The Kier molecular flexibility index (Phi) is 13.2. The second kappa shape index (κ2) is 13.6. The Bertz CT molecular complexity index is 163. The number of ether oxygens (including phenoxy) is 1. The molecular formula is C16H31O. The standard InChI is InChI=1S/C16H31O/c1-4-5-6-7-8-9-10-11-12-13-14-15-16(2)17-3/h1-2,4-15H2,3H3. The number of methoxy groups -OCH3 is 1. The molecule has 0 heterocycles. The Morgan fingerprint density at radius 3 is 1.59 bits per heavy atom. The van der Waals surface area contributed by atoms with Crippen LogP contribution in [0.3, 0.4) is 0 Å². The molecule has 0 saturated heterocycles. The molecule has 0 spiro atoms. The van der Waals surface area contributed by atoms with Gasteiger partial charge in [-0.3, -0.25) is 0 Å². The van der Waals surface area contributed by atoms with Crippen LogP contribution in [0.2, 0.25) is 0 Å². The van der Waals surface area contributed by atoms with Crippen molar-refractivity contribution in [1.29, 1.82) is 0 Å². The summed E-state index contributed by atoms with van der Waals surface area (Å²) >= 11 is 0. The molecule has 0 aromatic carbocycles. The fourth-order valence-corrected chi connectivity index (χ4v) is 2.02. The number of allylic oxidation sites excluding steroid dienone is 1. The van der Waals surface area contributed by atoms with Crippen molar-refractivity contribution >= 4 is 0 Å². The van der Waals surface area contributed by atoms with Gasteiger partial charge in [0.25, 0.3) is 0 Å². The van der Waals surface area contributed by atoms with Gasteiger partial charge in [0.1, 0.15) is 0 Å². The smallest absolute Gasteiger partial charge is 0.0883 e. The minimum atomic E-state index is 0.926. The van der Waals surface area contributed by atoms with E-state index in [0.29, 0.717) is 0 Å². The molecule has 101 valence electrons. The summed E-state index contributed by atoms with van der Waals surface area (Å²) in [4.78, 5) is 0. The van der Waals surface area contributed by atoms with Crippen LogP contribution < -0.4 is 0 Å². The Morgan fingerprint density at radius 1 is 0.765 bits per heavy atom. The molecular weight excluding hydrogens is 208 g/mol. The van der Waals surface area contributed by atoms with Gasteiger partial charge in [-0.1, -0.05) is 77.7 Å². The first kappa shape index (κ1) is 16.5. The zero-order valence-electron chi connectivity index (χ0n) is 11.8. The predicted molar refractivity (Wildman–Crippen MR) is 76.9 cm³/mol. The molecule has 1 nitrogen and oxygen atoms in total. The van der Waals surface area contributed by atoms with Crippen molar-refractivity contribution in [2.45, 2.75) is 77.0 Å². The maximum absolute atomic E-state index is 5.04. The molecule has 1 heteroatoms. The predicted octanol–water partition coefficient (Wildman–Crippen LogP) is 5.66. The van der Waals surface area contributed by atoms with Crippen molar-refractivity contribution in [3.63, 3.8) is 0 Å². The highest BCUT2D eigenvalue weighted by molar-refractivity contribution is 4.80. The van der Waals surface area contributed by atoms with Crippen molar-refractivity contribution in [1.82, 2.24) is 0 Å². The van der Waals surface area contributed by atoms with E-state index in [4.69, 9.17) is 4.74 Å². The average molecular weight is 239 g/mol. The molecule has 0 aliphatic carbocycles. The lowest BCUT2D eigenvalue weighted by Gasteiger charge is -2.04. The lowest BCUT2D eigenvalue weighted by molar-refractivity contribution is 0.276. The summed E-state index contributed by atoms with van der Waals surface area (Å²) in [7, 11) is 1.71. The van der Waals surface area contributed by atoms with Crippen LogP contribution in [0.4, 0.5) is 0 Å². The number of rotatable bonds is 13. The van der Waals surface area contributed by atoms with Crippen LogP contribution in [-0.2, 0) is 4.74 Å². The van der Waals surface area contributed by atoms with Crippen LogP contribution in [-0.4, -0.2) is 7.11 Å². The minimum absolute atomic E-state index is 0.926. The zero-order chi connectivity index (χ0) is 12.8. The van der Waals surface area contributed by atoms with Crippen molar-refractivity contribution in [3.05, 3.63) is 19.3 Å². The molecule has 1 radical (unpaired) electrons. The lowest BCUT2D eigenvalue weighted by atomic mass is 10.1. The molecule has 0 amide bonds. The highest BCUT2D eigenvalue weighted by atomic mass is 16.5. The quantitative estimate of drug-likeness (QED) is 0.297. The third kappa shape index (κ3) is 13.5. The highest BCUT2D eigenvalue weighted by Gasteiger charge is 1.94. The van der Waals surface area contributed by atoms with Crippen molar-refractivity contribution in [2.75, 3.05) is 7.11 Å². The van der Waals surface area contributed by atoms with Gasteiger partial charge in [-0.05, 0) is 6.42 Å². The number of hydrogen-bond donors (Lipinski definition) is 0. The third-order valence-corrected chi connectivity index (χ3v) is 3.24. The summed E-state index contributed by atoms with van der Waals surface area (Å²) in [6.45, 7) is 7.69. The molecule has 0 N–H and O–H groups in total. The number of unbranched alkanes of at least 4 members (excludes halogenated alkanes) is 10. The number of hydrogen-bond acceptors (Lipinski definition) is 1. The third-order valence-electron chi connectivity index (χ3n) is 3.24. The van der Waals surface area contributed by atoms with Crippen LogP contribution in [0.25, 0.3) is 0 Å². The summed E-state index contributed by atoms with van der Waals surface area (Å²) in [5.74, 6) is 0.926. The maximum Gasteiger partial charge on any atom is 0.0883 e.